The van der Waals surface area contributed by atoms with Crippen molar-refractivity contribution in [2.75, 3.05) is 59.2 Å². The van der Waals surface area contributed by atoms with Gasteiger partial charge in [0.15, 0.2) is 17.3 Å². The first-order valence-electron chi connectivity index (χ1n) is 11.7. The number of hydrogen-bond acceptors (Lipinski definition) is 11. The van der Waals surface area contributed by atoms with Gasteiger partial charge in [0.25, 0.3) is 0 Å². The number of nitrogens with two attached hydrogens (primary N) is 2. The number of rotatable bonds is 11. The number of nitrogens with zero attached hydrogens (tertiary/aromatic N) is 4. The highest BCUT2D eigenvalue weighted by Crippen LogP contribution is 2.44. The molecule has 2 heterocycles. The molecule has 4 aromatic rings. The summed E-state index contributed by atoms with van der Waals surface area (Å²) in [6.45, 7) is 1.21. The Labute approximate surface area is 231 Å². The van der Waals surface area contributed by atoms with Crippen LogP contribution in [-0.4, -0.2) is 62.6 Å². The lowest BCUT2D eigenvalue weighted by Gasteiger charge is -2.43. The lowest BCUT2D eigenvalue weighted by Crippen LogP contribution is -2.31. The number of nitrogen functional groups attached to an aromatic ring is 2. The Kier molecular flexibility index (Phi) is 9.81. The molecule has 0 radical (unpaired) electrons. The van der Waals surface area contributed by atoms with Crippen LogP contribution >= 0.6 is 12.4 Å². The van der Waals surface area contributed by atoms with Crippen molar-refractivity contribution in [2.24, 2.45) is 0 Å². The zero-order valence-corrected chi connectivity index (χ0v) is 22.6. The fourth-order valence-electron chi connectivity index (χ4n) is 3.86. The average Bonchev–Trinajstić information content (AvgIpc) is 2.90. The molecule has 0 spiro atoms. The third kappa shape index (κ3) is 6.63. The SMILES string of the molecule is COCCOc1cc2nc(-c3cccnc3)nc(-c3c([N+](C)([O-])[O-])ccc(N)c3N)c2cc1OCCOC.Cl. The van der Waals surface area contributed by atoms with Gasteiger partial charge < -0.3 is 45.6 Å². The molecule has 0 aliphatic rings. The van der Waals surface area contributed by atoms with Gasteiger partial charge in [0.05, 0.1) is 48.4 Å². The highest BCUT2D eigenvalue weighted by molar-refractivity contribution is 6.03. The largest absolute Gasteiger partial charge is 0.626 e. The van der Waals surface area contributed by atoms with Crippen molar-refractivity contribution in [2.45, 2.75) is 0 Å². The molecule has 0 fully saturated rings. The standard InChI is InChI=1S/C26H29N6O6.ClH/c1-32(33,34)20-7-6-18(27)24(28)23(20)25-17-13-21(37-11-9-35-2)22(38-12-10-36-3)14-19(17)30-26(31-25)16-5-4-8-29-15-16;/h4-8,13-15H,9-12,27-28H2,1-3H3;1H/q-1;. The van der Waals surface area contributed by atoms with Crippen LogP contribution in [0.25, 0.3) is 33.5 Å². The summed E-state index contributed by atoms with van der Waals surface area (Å²) < 4.78 is 22.1. The predicted molar refractivity (Wildman–Crippen MR) is 153 cm³/mol. The minimum absolute atomic E-state index is 0. The van der Waals surface area contributed by atoms with E-state index in [1.54, 1.807) is 50.9 Å². The third-order valence-electron chi connectivity index (χ3n) is 5.70. The van der Waals surface area contributed by atoms with Gasteiger partial charge in [-0.25, -0.2) is 9.97 Å². The fraction of sp³-hybridized carbons (Fsp3) is 0.269. The Morgan fingerprint density at radius 1 is 0.897 bits per heavy atom. The molecule has 0 aliphatic heterocycles. The van der Waals surface area contributed by atoms with Crippen molar-refractivity contribution in [3.05, 3.63) is 59.2 Å². The molecule has 0 amide bonds. The number of methoxy groups -OCH3 is 2. The van der Waals surface area contributed by atoms with E-state index in [9.17, 15) is 10.4 Å². The lowest BCUT2D eigenvalue weighted by molar-refractivity contribution is 0.132. The van der Waals surface area contributed by atoms with E-state index in [-0.39, 0.29) is 53.9 Å². The van der Waals surface area contributed by atoms with Crippen LogP contribution in [0, 0.1) is 10.4 Å². The smallest absolute Gasteiger partial charge is 0.163 e. The molecular weight excluding hydrogens is 528 g/mol. The van der Waals surface area contributed by atoms with E-state index in [1.165, 1.54) is 12.1 Å². The summed E-state index contributed by atoms with van der Waals surface area (Å²) in [5.41, 5.74) is 14.0. The van der Waals surface area contributed by atoms with E-state index in [2.05, 4.69) is 4.98 Å². The van der Waals surface area contributed by atoms with Crippen molar-refractivity contribution < 1.29 is 18.9 Å². The van der Waals surface area contributed by atoms with E-state index >= 15 is 0 Å². The molecule has 0 aliphatic carbocycles. The molecule has 12 nitrogen and oxygen atoms in total. The van der Waals surface area contributed by atoms with E-state index in [1.807, 2.05) is 0 Å². The second-order valence-electron chi connectivity index (χ2n) is 8.44. The van der Waals surface area contributed by atoms with Gasteiger partial charge in [0.2, 0.25) is 0 Å². The van der Waals surface area contributed by atoms with Crippen molar-refractivity contribution in [1.29, 1.82) is 0 Å². The average molecular weight is 558 g/mol. The molecule has 13 heteroatoms. The summed E-state index contributed by atoms with van der Waals surface area (Å²) in [5, 5.41) is 25.8. The van der Waals surface area contributed by atoms with Crippen LogP contribution in [0.2, 0.25) is 0 Å². The minimum atomic E-state index is -2.00. The Morgan fingerprint density at radius 3 is 2.15 bits per heavy atom. The molecule has 39 heavy (non-hydrogen) atoms. The second-order valence-corrected chi connectivity index (χ2v) is 8.44. The van der Waals surface area contributed by atoms with Gasteiger partial charge in [-0.15, -0.1) is 12.4 Å². The molecule has 4 N–H and O–H groups in total. The van der Waals surface area contributed by atoms with E-state index in [0.717, 1.165) is 7.05 Å². The number of halogens is 1. The van der Waals surface area contributed by atoms with Crippen molar-refractivity contribution >= 4 is 40.4 Å². The van der Waals surface area contributed by atoms with Gasteiger partial charge >= 0.3 is 0 Å². The third-order valence-corrected chi connectivity index (χ3v) is 5.70. The molecule has 208 valence electrons. The molecule has 4 rings (SSSR count). The second kappa shape index (κ2) is 12.8. The van der Waals surface area contributed by atoms with Crippen LogP contribution < -0.4 is 25.8 Å². The van der Waals surface area contributed by atoms with Gasteiger partial charge in [-0.3, -0.25) is 4.98 Å². The number of ether oxygens (including phenoxy) is 4. The summed E-state index contributed by atoms with van der Waals surface area (Å²) in [6.07, 6.45) is 3.23. The van der Waals surface area contributed by atoms with Gasteiger partial charge in [-0.05, 0) is 24.3 Å². The topological polar surface area (TPSA) is 174 Å². The normalized spacial score (nSPS) is 11.3. The molecule has 0 unspecified atom stereocenters. The maximum atomic E-state index is 12.7. The zero-order valence-electron chi connectivity index (χ0n) is 21.7. The van der Waals surface area contributed by atoms with Crippen LogP contribution in [0.15, 0.2) is 48.8 Å². The predicted octanol–water partition coefficient (Wildman–Crippen LogP) is 3.93. The Balaban J connectivity index is 0.00000420. The van der Waals surface area contributed by atoms with Gasteiger partial charge in [-0.1, -0.05) is 0 Å². The molecule has 2 aromatic carbocycles. The maximum absolute atomic E-state index is 12.7. The summed E-state index contributed by atoms with van der Waals surface area (Å²) >= 11 is 0. The summed E-state index contributed by atoms with van der Waals surface area (Å²) in [4.78, 5) is 11.6. The van der Waals surface area contributed by atoms with Crippen LogP contribution in [0.3, 0.4) is 0 Å². The molecule has 0 bridgehead atoms. The van der Waals surface area contributed by atoms with Crippen LogP contribution in [0.4, 0.5) is 17.1 Å². The number of fused-ring (bicyclic) bond motifs is 1. The van der Waals surface area contributed by atoms with E-state index < -0.39 is 4.81 Å². The first kappa shape index (κ1) is 29.8. The van der Waals surface area contributed by atoms with Crippen molar-refractivity contribution in [3.63, 3.8) is 0 Å². The number of hydroxylamine groups is 2. The first-order valence-corrected chi connectivity index (χ1v) is 11.7. The highest BCUT2D eigenvalue weighted by Gasteiger charge is 2.24. The van der Waals surface area contributed by atoms with Crippen molar-refractivity contribution in [3.8, 4) is 34.1 Å². The monoisotopic (exact) mass is 557 g/mol. The number of benzene rings is 2. The Hall–Kier alpha value is -3.78. The lowest BCUT2D eigenvalue weighted by atomic mass is 10.00. The van der Waals surface area contributed by atoms with E-state index in [4.69, 9.17) is 40.4 Å². The molecular formula is C26H30ClN6O6-. The van der Waals surface area contributed by atoms with Crippen LogP contribution in [0.1, 0.15) is 0 Å². The summed E-state index contributed by atoms with van der Waals surface area (Å²) in [7, 11) is 4.10. The minimum Gasteiger partial charge on any atom is -0.626 e. The fourth-order valence-corrected chi connectivity index (χ4v) is 3.86. The van der Waals surface area contributed by atoms with E-state index in [0.29, 0.717) is 47.0 Å². The number of pyridine rings is 1. The summed E-state index contributed by atoms with van der Waals surface area (Å²) in [6, 6.07) is 9.70. The van der Waals surface area contributed by atoms with Gasteiger partial charge in [-0.2, -0.15) is 0 Å². The summed E-state index contributed by atoms with van der Waals surface area (Å²) in [5.74, 6) is 1.10. The number of quaternary nitrogens is 1. The molecule has 2 aromatic heterocycles. The number of aromatic nitrogens is 3. The number of anilines is 2. The van der Waals surface area contributed by atoms with Crippen LogP contribution in [-0.2, 0) is 9.47 Å². The Bertz CT molecular complexity index is 1420. The molecule has 0 saturated heterocycles. The van der Waals surface area contributed by atoms with Gasteiger partial charge in [0.1, 0.15) is 18.9 Å². The number of hydrogen-bond donors (Lipinski definition) is 2. The zero-order chi connectivity index (χ0) is 27.3. The Morgan fingerprint density at radius 2 is 1.56 bits per heavy atom. The van der Waals surface area contributed by atoms with Gasteiger partial charge in [0, 0.05) is 49.7 Å². The quantitative estimate of drug-likeness (QED) is 0.118. The molecule has 0 saturated carbocycles. The van der Waals surface area contributed by atoms with Crippen molar-refractivity contribution in [1.82, 2.24) is 19.8 Å². The van der Waals surface area contributed by atoms with Crippen LogP contribution in [0.5, 0.6) is 11.5 Å². The highest BCUT2D eigenvalue weighted by atomic mass is 35.5. The molecule has 0 atom stereocenters. The first-order chi connectivity index (χ1) is 18.2. The maximum Gasteiger partial charge on any atom is 0.163 e.